The number of carboxylic acids is 1. The van der Waals surface area contributed by atoms with Gasteiger partial charge in [0.1, 0.15) is 0 Å². The standard InChI is InChI=1S/C15H27NO4/c1-2-3-8-16(9-10-17)13(18)11-15(12-14(19)20)6-4-5-7-15/h17H,2-12H2,1H3,(H,19,20). The van der Waals surface area contributed by atoms with Crippen LogP contribution < -0.4 is 0 Å². The van der Waals surface area contributed by atoms with Crippen molar-refractivity contribution in [3.05, 3.63) is 0 Å². The van der Waals surface area contributed by atoms with E-state index in [1.165, 1.54) is 0 Å². The van der Waals surface area contributed by atoms with Crippen molar-refractivity contribution in [2.24, 2.45) is 5.41 Å². The van der Waals surface area contributed by atoms with Crippen molar-refractivity contribution in [1.29, 1.82) is 0 Å². The lowest BCUT2D eigenvalue weighted by Crippen LogP contribution is -2.38. The summed E-state index contributed by atoms with van der Waals surface area (Å²) < 4.78 is 0. The predicted molar refractivity (Wildman–Crippen MR) is 76.3 cm³/mol. The second-order valence-corrected chi connectivity index (χ2v) is 5.91. The van der Waals surface area contributed by atoms with Crippen molar-refractivity contribution < 1.29 is 19.8 Å². The summed E-state index contributed by atoms with van der Waals surface area (Å²) in [5.41, 5.74) is -0.358. The Balaban J connectivity index is 2.65. The Labute approximate surface area is 121 Å². The molecule has 0 heterocycles. The molecule has 1 aliphatic carbocycles. The number of carbonyl (C=O) groups excluding carboxylic acids is 1. The third-order valence-corrected chi connectivity index (χ3v) is 4.22. The van der Waals surface area contributed by atoms with Crippen LogP contribution in [0.5, 0.6) is 0 Å². The number of aliphatic hydroxyl groups is 1. The Kier molecular flexibility index (Phi) is 6.99. The molecule has 0 unspecified atom stereocenters. The Hall–Kier alpha value is -1.10. The number of unbranched alkanes of at least 4 members (excludes halogenated alkanes) is 1. The van der Waals surface area contributed by atoms with Crippen LogP contribution >= 0.6 is 0 Å². The number of aliphatic carboxylic acids is 1. The van der Waals surface area contributed by atoms with Gasteiger partial charge in [-0.25, -0.2) is 0 Å². The second kappa shape index (κ2) is 8.25. The fourth-order valence-corrected chi connectivity index (χ4v) is 3.13. The van der Waals surface area contributed by atoms with Gasteiger partial charge in [0, 0.05) is 19.5 Å². The van der Waals surface area contributed by atoms with E-state index in [9.17, 15) is 9.59 Å². The van der Waals surface area contributed by atoms with Crippen molar-refractivity contribution in [2.75, 3.05) is 19.7 Å². The largest absolute Gasteiger partial charge is 0.481 e. The van der Waals surface area contributed by atoms with E-state index in [0.717, 1.165) is 38.5 Å². The van der Waals surface area contributed by atoms with Crippen molar-refractivity contribution in [3.63, 3.8) is 0 Å². The molecule has 1 saturated carbocycles. The first-order valence-corrected chi connectivity index (χ1v) is 7.63. The monoisotopic (exact) mass is 285 g/mol. The molecule has 0 spiro atoms. The van der Waals surface area contributed by atoms with E-state index >= 15 is 0 Å². The van der Waals surface area contributed by atoms with Crippen molar-refractivity contribution >= 4 is 11.9 Å². The maximum Gasteiger partial charge on any atom is 0.303 e. The molecule has 0 aromatic heterocycles. The molecule has 0 bridgehead atoms. The van der Waals surface area contributed by atoms with Gasteiger partial charge in [-0.15, -0.1) is 0 Å². The van der Waals surface area contributed by atoms with Crippen molar-refractivity contribution in [3.8, 4) is 0 Å². The van der Waals surface area contributed by atoms with Crippen molar-refractivity contribution in [2.45, 2.75) is 58.3 Å². The number of hydrogen-bond acceptors (Lipinski definition) is 3. The van der Waals surface area contributed by atoms with Crippen LogP contribution in [0.25, 0.3) is 0 Å². The van der Waals surface area contributed by atoms with Crippen LogP contribution in [-0.2, 0) is 9.59 Å². The quantitative estimate of drug-likeness (QED) is 0.679. The van der Waals surface area contributed by atoms with Crippen LogP contribution in [0.15, 0.2) is 0 Å². The minimum absolute atomic E-state index is 0.00403. The van der Waals surface area contributed by atoms with Crippen LogP contribution in [0, 0.1) is 5.41 Å². The molecule has 1 rings (SSSR count). The average molecular weight is 285 g/mol. The second-order valence-electron chi connectivity index (χ2n) is 5.91. The number of aliphatic hydroxyl groups excluding tert-OH is 1. The van der Waals surface area contributed by atoms with Gasteiger partial charge < -0.3 is 15.1 Å². The Bertz CT molecular complexity index is 324. The minimum atomic E-state index is -0.818. The number of hydrogen-bond donors (Lipinski definition) is 2. The molecule has 0 saturated heterocycles. The summed E-state index contributed by atoms with van der Waals surface area (Å²) in [5.74, 6) is -0.822. The fourth-order valence-electron chi connectivity index (χ4n) is 3.13. The molecule has 1 aliphatic rings. The molecule has 116 valence electrons. The predicted octanol–water partition coefficient (Wildman–Crippen LogP) is 2.03. The summed E-state index contributed by atoms with van der Waals surface area (Å²) >= 11 is 0. The van der Waals surface area contributed by atoms with Gasteiger partial charge in [0.05, 0.1) is 13.0 Å². The molecule has 20 heavy (non-hydrogen) atoms. The van der Waals surface area contributed by atoms with Gasteiger partial charge in [-0.05, 0) is 24.7 Å². The number of carbonyl (C=O) groups is 2. The van der Waals surface area contributed by atoms with Crippen LogP contribution in [-0.4, -0.2) is 46.7 Å². The first-order chi connectivity index (χ1) is 9.53. The van der Waals surface area contributed by atoms with E-state index < -0.39 is 5.97 Å². The maximum atomic E-state index is 12.4. The lowest BCUT2D eigenvalue weighted by Gasteiger charge is -2.30. The Morgan fingerprint density at radius 1 is 1.15 bits per heavy atom. The first kappa shape index (κ1) is 17.0. The zero-order chi connectivity index (χ0) is 15.0. The van der Waals surface area contributed by atoms with Gasteiger partial charge in [-0.2, -0.15) is 0 Å². The Morgan fingerprint density at radius 2 is 1.80 bits per heavy atom. The van der Waals surface area contributed by atoms with Gasteiger partial charge in [0.2, 0.25) is 5.91 Å². The number of carboxylic acid groups (broad SMARTS) is 1. The van der Waals surface area contributed by atoms with E-state index in [4.69, 9.17) is 10.2 Å². The van der Waals surface area contributed by atoms with Crippen LogP contribution in [0.2, 0.25) is 0 Å². The van der Waals surface area contributed by atoms with E-state index in [0.29, 0.717) is 19.5 Å². The fraction of sp³-hybridized carbons (Fsp3) is 0.867. The maximum absolute atomic E-state index is 12.4. The molecule has 0 aliphatic heterocycles. The highest BCUT2D eigenvalue weighted by atomic mass is 16.4. The molecule has 1 fully saturated rings. The van der Waals surface area contributed by atoms with Crippen LogP contribution in [0.1, 0.15) is 58.3 Å². The summed E-state index contributed by atoms with van der Waals surface area (Å²) in [6, 6.07) is 0. The van der Waals surface area contributed by atoms with Crippen molar-refractivity contribution in [1.82, 2.24) is 4.90 Å². The highest BCUT2D eigenvalue weighted by Gasteiger charge is 2.38. The first-order valence-electron chi connectivity index (χ1n) is 7.63. The third kappa shape index (κ3) is 5.12. The number of nitrogens with zero attached hydrogens (tertiary/aromatic N) is 1. The average Bonchev–Trinajstić information content (AvgIpc) is 2.81. The molecule has 2 N–H and O–H groups in total. The molecule has 5 heteroatoms. The van der Waals surface area contributed by atoms with Gasteiger partial charge in [-0.3, -0.25) is 9.59 Å². The highest BCUT2D eigenvalue weighted by molar-refractivity contribution is 5.78. The Morgan fingerprint density at radius 3 is 2.30 bits per heavy atom. The van der Waals surface area contributed by atoms with E-state index in [2.05, 4.69) is 6.92 Å². The number of amides is 1. The molecule has 1 amide bonds. The minimum Gasteiger partial charge on any atom is -0.481 e. The van der Waals surface area contributed by atoms with E-state index in [1.807, 2.05) is 0 Å². The van der Waals surface area contributed by atoms with Gasteiger partial charge in [-0.1, -0.05) is 26.2 Å². The molecule has 0 atom stereocenters. The summed E-state index contributed by atoms with van der Waals surface area (Å²) in [7, 11) is 0. The molecule has 0 radical (unpaired) electrons. The molecular weight excluding hydrogens is 258 g/mol. The molecule has 0 aromatic carbocycles. The van der Waals surface area contributed by atoms with E-state index in [1.54, 1.807) is 4.90 Å². The third-order valence-electron chi connectivity index (χ3n) is 4.22. The van der Waals surface area contributed by atoms with E-state index in [-0.39, 0.29) is 24.3 Å². The summed E-state index contributed by atoms with van der Waals surface area (Å²) in [5, 5.41) is 18.1. The van der Waals surface area contributed by atoms with Crippen LogP contribution in [0.4, 0.5) is 0 Å². The lowest BCUT2D eigenvalue weighted by atomic mass is 9.79. The van der Waals surface area contributed by atoms with Crippen LogP contribution in [0.3, 0.4) is 0 Å². The summed E-state index contributed by atoms with van der Waals surface area (Å²) in [4.78, 5) is 25.1. The topological polar surface area (TPSA) is 77.8 Å². The highest BCUT2D eigenvalue weighted by Crippen LogP contribution is 2.44. The summed E-state index contributed by atoms with van der Waals surface area (Å²) in [6.07, 6.45) is 5.97. The smallest absolute Gasteiger partial charge is 0.303 e. The lowest BCUT2D eigenvalue weighted by molar-refractivity contribution is -0.141. The van der Waals surface area contributed by atoms with Gasteiger partial charge in [0.25, 0.3) is 0 Å². The molecule has 0 aromatic rings. The summed E-state index contributed by atoms with van der Waals surface area (Å²) in [6.45, 7) is 3.02. The molecule has 5 nitrogen and oxygen atoms in total. The number of rotatable bonds is 9. The SMILES string of the molecule is CCCCN(CCO)C(=O)CC1(CC(=O)O)CCCC1. The normalized spacial score (nSPS) is 17.1. The zero-order valence-corrected chi connectivity index (χ0v) is 12.4. The zero-order valence-electron chi connectivity index (χ0n) is 12.4. The molecular formula is C15H27NO4. The van der Waals surface area contributed by atoms with Gasteiger partial charge in [0.15, 0.2) is 0 Å². The van der Waals surface area contributed by atoms with Gasteiger partial charge >= 0.3 is 5.97 Å².